The van der Waals surface area contributed by atoms with E-state index < -0.39 is 11.5 Å². The van der Waals surface area contributed by atoms with Gasteiger partial charge < -0.3 is 30.3 Å². The van der Waals surface area contributed by atoms with Crippen LogP contribution in [0.3, 0.4) is 0 Å². The largest absolute Gasteiger partial charge is 0.492 e. The van der Waals surface area contributed by atoms with Crippen molar-refractivity contribution in [2.75, 3.05) is 45.7 Å². The molecule has 1 atom stereocenters. The van der Waals surface area contributed by atoms with Gasteiger partial charge in [0.25, 0.3) is 5.91 Å². The zero-order valence-electron chi connectivity index (χ0n) is 25.0. The number of rotatable bonds is 9. The molecule has 0 saturated carbocycles. The molecule has 1 aromatic heterocycles. The van der Waals surface area contributed by atoms with Gasteiger partial charge in [-0.1, -0.05) is 35.9 Å². The standard InChI is InChI=1S/C33H34ClN5O5S/c1-35-14-17-43-20-10-11-21-23(19-28(40)37-26(21)18-20)31(41)39-15-12-33(13-16-39,32(42)36-2)44-27-9-4-3-6-22(27)30-38-25-8-5-7-24(34)29(25)45-30/h3-11,18,23,35H,12-17,19H2,1-2H3,(H,36,42)(H,37,40)/t23-/m0/s1. The second kappa shape index (κ2) is 13.0. The number of hydrogen-bond donors (Lipinski definition) is 3. The summed E-state index contributed by atoms with van der Waals surface area (Å²) in [4.78, 5) is 46.4. The maximum atomic E-state index is 13.9. The van der Waals surface area contributed by atoms with Gasteiger partial charge in [-0.2, -0.15) is 0 Å². The number of hydrogen-bond acceptors (Lipinski definition) is 8. The van der Waals surface area contributed by atoms with Gasteiger partial charge in [-0.3, -0.25) is 14.4 Å². The summed E-state index contributed by atoms with van der Waals surface area (Å²) in [6.45, 7) is 1.75. The first-order valence-corrected chi connectivity index (χ1v) is 16.1. The van der Waals surface area contributed by atoms with Crippen molar-refractivity contribution in [1.29, 1.82) is 0 Å². The number of likely N-dealkylation sites (N-methyl/N-ethyl adjacent to an activating group) is 2. The number of carbonyl (C=O) groups excluding carboxylic acids is 3. The third-order valence-corrected chi connectivity index (χ3v) is 9.86. The van der Waals surface area contributed by atoms with Crippen molar-refractivity contribution in [1.82, 2.24) is 20.5 Å². The number of anilines is 1. The van der Waals surface area contributed by atoms with E-state index in [2.05, 4.69) is 16.0 Å². The van der Waals surface area contributed by atoms with Crippen molar-refractivity contribution in [3.8, 4) is 22.1 Å². The van der Waals surface area contributed by atoms with Crippen molar-refractivity contribution < 1.29 is 23.9 Å². The minimum Gasteiger partial charge on any atom is -0.492 e. The smallest absolute Gasteiger partial charge is 0.264 e. The molecule has 3 N–H and O–H groups in total. The number of piperidine rings is 1. The van der Waals surface area contributed by atoms with Crippen molar-refractivity contribution in [2.45, 2.75) is 30.8 Å². The number of carbonyl (C=O) groups is 3. The van der Waals surface area contributed by atoms with Crippen molar-refractivity contribution >= 4 is 56.6 Å². The highest BCUT2D eigenvalue weighted by Crippen LogP contribution is 2.42. The van der Waals surface area contributed by atoms with Crippen LogP contribution >= 0.6 is 22.9 Å². The van der Waals surface area contributed by atoms with Crippen LogP contribution in [-0.4, -0.2) is 73.5 Å². The van der Waals surface area contributed by atoms with Crippen LogP contribution in [0.5, 0.6) is 11.5 Å². The van der Waals surface area contributed by atoms with Crippen LogP contribution in [0.4, 0.5) is 5.69 Å². The summed E-state index contributed by atoms with van der Waals surface area (Å²) < 4.78 is 13.2. The average Bonchev–Trinajstić information content (AvgIpc) is 3.50. The molecule has 2 aliphatic heterocycles. The molecule has 0 spiro atoms. The Morgan fingerprint density at radius 2 is 1.91 bits per heavy atom. The Kier molecular flexibility index (Phi) is 8.93. The Bertz CT molecular complexity index is 1750. The number of halogens is 1. The summed E-state index contributed by atoms with van der Waals surface area (Å²) in [5.74, 6) is -0.0999. The van der Waals surface area contributed by atoms with Crippen LogP contribution in [0, 0.1) is 0 Å². The molecular weight excluding hydrogens is 614 g/mol. The lowest BCUT2D eigenvalue weighted by molar-refractivity contribution is -0.147. The number of nitrogens with one attached hydrogen (secondary N) is 3. The molecular formula is C33H34ClN5O5S. The van der Waals surface area contributed by atoms with Crippen molar-refractivity contribution in [3.05, 3.63) is 71.2 Å². The highest BCUT2D eigenvalue weighted by Gasteiger charge is 2.46. The second-order valence-electron chi connectivity index (χ2n) is 11.1. The average molecular weight is 648 g/mol. The Balaban J connectivity index is 1.21. The third kappa shape index (κ3) is 6.20. The molecule has 0 aliphatic carbocycles. The van der Waals surface area contributed by atoms with Gasteiger partial charge in [0.2, 0.25) is 11.8 Å². The molecule has 0 unspecified atom stereocenters. The Morgan fingerprint density at radius 1 is 1.11 bits per heavy atom. The number of ether oxygens (including phenoxy) is 2. The molecule has 234 valence electrons. The molecule has 1 saturated heterocycles. The number of fused-ring (bicyclic) bond motifs is 2. The topological polar surface area (TPSA) is 122 Å². The van der Waals surface area contributed by atoms with Gasteiger partial charge in [-0.25, -0.2) is 4.98 Å². The van der Waals surface area contributed by atoms with Gasteiger partial charge in [0.1, 0.15) is 23.1 Å². The first-order valence-electron chi connectivity index (χ1n) is 14.9. The SMILES string of the molecule is CNCCOc1ccc2c(c1)NC(=O)C[C@@H]2C(=O)N1CCC(Oc2ccccc2-c2nc3cccc(Cl)c3s2)(C(=O)NC)CC1. The van der Waals surface area contributed by atoms with E-state index in [0.717, 1.165) is 26.4 Å². The fourth-order valence-corrected chi connectivity index (χ4v) is 7.20. The maximum absolute atomic E-state index is 13.9. The molecule has 3 aromatic carbocycles. The van der Waals surface area contributed by atoms with E-state index in [0.29, 0.717) is 48.5 Å². The molecule has 3 heterocycles. The quantitative estimate of drug-likeness (QED) is 0.223. The third-order valence-electron chi connectivity index (χ3n) is 8.30. The van der Waals surface area contributed by atoms with Crippen LogP contribution in [0.2, 0.25) is 5.02 Å². The molecule has 3 amide bonds. The number of aromatic nitrogens is 1. The van der Waals surface area contributed by atoms with E-state index >= 15 is 0 Å². The first kappa shape index (κ1) is 30.8. The van der Waals surface area contributed by atoms with Crippen molar-refractivity contribution in [2.24, 2.45) is 0 Å². The van der Waals surface area contributed by atoms with Crippen LogP contribution in [-0.2, 0) is 14.4 Å². The maximum Gasteiger partial charge on any atom is 0.264 e. The predicted octanol–water partition coefficient (Wildman–Crippen LogP) is 4.83. The summed E-state index contributed by atoms with van der Waals surface area (Å²) in [7, 11) is 3.43. The lowest BCUT2D eigenvalue weighted by atomic mass is 9.86. The normalized spacial score (nSPS) is 17.4. The summed E-state index contributed by atoms with van der Waals surface area (Å²) in [5.41, 5.74) is 1.69. The molecule has 45 heavy (non-hydrogen) atoms. The monoisotopic (exact) mass is 647 g/mol. The van der Waals surface area contributed by atoms with Crippen molar-refractivity contribution in [3.63, 3.8) is 0 Å². The highest BCUT2D eigenvalue weighted by atomic mass is 35.5. The molecule has 0 radical (unpaired) electrons. The Labute approximate surface area is 270 Å². The van der Waals surface area contributed by atoms with E-state index in [1.165, 1.54) is 11.3 Å². The minimum absolute atomic E-state index is 0.0545. The Hall–Kier alpha value is -4.19. The van der Waals surface area contributed by atoms with Crippen LogP contribution in [0.25, 0.3) is 20.8 Å². The zero-order valence-corrected chi connectivity index (χ0v) is 26.6. The molecule has 12 heteroatoms. The number of para-hydroxylation sites is 1. The van der Waals surface area contributed by atoms with Gasteiger partial charge in [-0.05, 0) is 42.9 Å². The molecule has 10 nitrogen and oxygen atoms in total. The fourth-order valence-electron chi connectivity index (χ4n) is 5.91. The van der Waals surface area contributed by atoms with Crippen LogP contribution in [0.15, 0.2) is 60.7 Å². The van der Waals surface area contributed by atoms with Gasteiger partial charge in [-0.15, -0.1) is 11.3 Å². The summed E-state index contributed by atoms with van der Waals surface area (Å²) in [6.07, 6.45) is 0.615. The number of amides is 3. The molecule has 6 rings (SSSR count). The van der Waals surface area contributed by atoms with Gasteiger partial charge >= 0.3 is 0 Å². The van der Waals surface area contributed by atoms with E-state index in [9.17, 15) is 14.4 Å². The minimum atomic E-state index is -1.20. The van der Waals surface area contributed by atoms with E-state index in [1.54, 1.807) is 18.0 Å². The summed E-state index contributed by atoms with van der Waals surface area (Å²) in [5, 5.41) is 10.0. The molecule has 1 fully saturated rings. The summed E-state index contributed by atoms with van der Waals surface area (Å²) in [6, 6.07) is 18.6. The first-order chi connectivity index (χ1) is 21.8. The van der Waals surface area contributed by atoms with E-state index in [-0.39, 0.29) is 37.0 Å². The number of thiazole rings is 1. The number of benzene rings is 3. The fraction of sp³-hybridized carbons (Fsp3) is 0.333. The van der Waals surface area contributed by atoms with Gasteiger partial charge in [0, 0.05) is 57.7 Å². The number of nitrogens with zero attached hydrogens (tertiary/aromatic N) is 2. The predicted molar refractivity (Wildman–Crippen MR) is 175 cm³/mol. The highest BCUT2D eigenvalue weighted by molar-refractivity contribution is 7.22. The summed E-state index contributed by atoms with van der Waals surface area (Å²) >= 11 is 7.89. The zero-order chi connectivity index (χ0) is 31.6. The lowest BCUT2D eigenvalue weighted by Gasteiger charge is -2.42. The second-order valence-corrected chi connectivity index (χ2v) is 12.5. The van der Waals surface area contributed by atoms with Crippen LogP contribution in [0.1, 0.15) is 30.7 Å². The lowest BCUT2D eigenvalue weighted by Crippen LogP contribution is -2.58. The van der Waals surface area contributed by atoms with Gasteiger partial charge in [0.05, 0.1) is 26.7 Å². The molecule has 4 aromatic rings. The molecule has 0 bridgehead atoms. The van der Waals surface area contributed by atoms with Gasteiger partial charge in [0.15, 0.2) is 5.60 Å². The van der Waals surface area contributed by atoms with E-state index in [1.807, 2.05) is 61.6 Å². The Morgan fingerprint density at radius 3 is 2.67 bits per heavy atom. The van der Waals surface area contributed by atoms with E-state index in [4.69, 9.17) is 26.1 Å². The molecule has 2 aliphatic rings. The number of likely N-dealkylation sites (tertiary alicyclic amines) is 1. The van der Waals surface area contributed by atoms with Crippen LogP contribution < -0.4 is 25.4 Å².